The van der Waals surface area contributed by atoms with E-state index < -0.39 is 0 Å². The van der Waals surface area contributed by atoms with Crippen LogP contribution in [0.1, 0.15) is 18.4 Å². The molecule has 4 heteroatoms. The Morgan fingerprint density at radius 2 is 2.00 bits per heavy atom. The molecule has 0 saturated heterocycles. The van der Waals surface area contributed by atoms with Gasteiger partial charge in [-0.15, -0.1) is 0 Å². The molecule has 0 aliphatic heterocycles. The van der Waals surface area contributed by atoms with Crippen LogP contribution in [0.25, 0.3) is 0 Å². The molecule has 0 aliphatic carbocycles. The number of hydrogen-bond donors (Lipinski definition) is 1. The van der Waals surface area contributed by atoms with Gasteiger partial charge >= 0.3 is 0 Å². The molecule has 102 valence electrons. The molecule has 0 amide bonds. The Morgan fingerprint density at radius 3 is 2.78 bits per heavy atom. The van der Waals surface area contributed by atoms with E-state index in [2.05, 4.69) is 5.32 Å². The highest BCUT2D eigenvalue weighted by molar-refractivity contribution is 5.32. The van der Waals surface area contributed by atoms with Gasteiger partial charge in [-0.3, -0.25) is 0 Å². The smallest absolute Gasteiger partial charge is 0.126 e. The summed E-state index contributed by atoms with van der Waals surface area (Å²) in [5.74, 6) is 0.388. The molecule has 0 bridgehead atoms. The molecule has 0 heterocycles. The summed E-state index contributed by atoms with van der Waals surface area (Å²) < 4.78 is 23.5. The Labute approximate surface area is 108 Å². The molecule has 0 aromatic heterocycles. The highest BCUT2D eigenvalue weighted by atomic mass is 19.1. The lowest BCUT2D eigenvalue weighted by molar-refractivity contribution is 0.199. The Hall–Kier alpha value is -1.13. The van der Waals surface area contributed by atoms with E-state index in [1.54, 1.807) is 13.2 Å². The van der Waals surface area contributed by atoms with Crippen LogP contribution in [0.3, 0.4) is 0 Å². The number of benzene rings is 1. The first-order valence-corrected chi connectivity index (χ1v) is 6.32. The van der Waals surface area contributed by atoms with Gasteiger partial charge in [0.25, 0.3) is 0 Å². The van der Waals surface area contributed by atoms with E-state index in [-0.39, 0.29) is 5.82 Å². The van der Waals surface area contributed by atoms with Crippen molar-refractivity contribution in [1.29, 1.82) is 0 Å². The first-order valence-electron chi connectivity index (χ1n) is 6.32. The molecule has 0 fully saturated rings. The van der Waals surface area contributed by atoms with Crippen molar-refractivity contribution in [1.82, 2.24) is 5.32 Å². The van der Waals surface area contributed by atoms with Crippen molar-refractivity contribution < 1.29 is 13.9 Å². The van der Waals surface area contributed by atoms with Crippen molar-refractivity contribution in [3.8, 4) is 5.75 Å². The number of ether oxygens (including phenoxy) is 2. The number of nitrogens with one attached hydrogen (secondary N) is 1. The van der Waals surface area contributed by atoms with E-state index in [9.17, 15) is 4.39 Å². The Balaban J connectivity index is 2.09. The minimum Gasteiger partial charge on any atom is -0.493 e. The molecule has 0 saturated carbocycles. The maximum Gasteiger partial charge on any atom is 0.126 e. The quantitative estimate of drug-likeness (QED) is 0.688. The van der Waals surface area contributed by atoms with Crippen molar-refractivity contribution in [3.63, 3.8) is 0 Å². The monoisotopic (exact) mass is 255 g/mol. The summed E-state index contributed by atoms with van der Waals surface area (Å²) >= 11 is 0. The second-order valence-corrected chi connectivity index (χ2v) is 4.21. The fourth-order valence-corrected chi connectivity index (χ4v) is 1.56. The van der Waals surface area contributed by atoms with Gasteiger partial charge in [-0.2, -0.15) is 0 Å². The summed E-state index contributed by atoms with van der Waals surface area (Å²) in [5, 5.41) is 3.26. The van der Waals surface area contributed by atoms with Crippen molar-refractivity contribution in [2.24, 2.45) is 0 Å². The average Bonchev–Trinajstić information content (AvgIpc) is 2.36. The molecule has 0 radical (unpaired) electrons. The van der Waals surface area contributed by atoms with Crippen molar-refractivity contribution in [3.05, 3.63) is 29.6 Å². The van der Waals surface area contributed by atoms with Crippen molar-refractivity contribution in [2.75, 3.05) is 33.4 Å². The molecule has 18 heavy (non-hydrogen) atoms. The predicted molar refractivity (Wildman–Crippen MR) is 70.6 cm³/mol. The Bertz CT molecular complexity index is 345. The molecular formula is C14H22FNO2. The van der Waals surface area contributed by atoms with E-state index in [0.29, 0.717) is 12.4 Å². The van der Waals surface area contributed by atoms with E-state index in [1.807, 2.05) is 6.92 Å². The molecule has 1 rings (SSSR count). The summed E-state index contributed by atoms with van der Waals surface area (Å²) in [6.07, 6.45) is 1.99. The van der Waals surface area contributed by atoms with Crippen molar-refractivity contribution in [2.45, 2.75) is 19.8 Å². The van der Waals surface area contributed by atoms with Gasteiger partial charge in [0.15, 0.2) is 0 Å². The first kappa shape index (κ1) is 14.9. The molecule has 0 unspecified atom stereocenters. The third-order valence-electron chi connectivity index (χ3n) is 2.64. The van der Waals surface area contributed by atoms with Gasteiger partial charge in [-0.05, 0) is 37.9 Å². The van der Waals surface area contributed by atoms with E-state index in [4.69, 9.17) is 9.47 Å². The number of aryl methyl sites for hydroxylation is 1. The third kappa shape index (κ3) is 5.98. The SMILES string of the molecule is COCCNCCCCOc1cc(F)ccc1C. The zero-order valence-corrected chi connectivity index (χ0v) is 11.2. The summed E-state index contributed by atoms with van der Waals surface area (Å²) in [4.78, 5) is 0. The lowest BCUT2D eigenvalue weighted by Gasteiger charge is -2.09. The van der Waals surface area contributed by atoms with Gasteiger partial charge in [0.05, 0.1) is 13.2 Å². The number of rotatable bonds is 9. The third-order valence-corrected chi connectivity index (χ3v) is 2.64. The summed E-state index contributed by atoms with van der Waals surface area (Å²) in [5.41, 5.74) is 0.967. The predicted octanol–water partition coefficient (Wildman–Crippen LogP) is 2.53. The van der Waals surface area contributed by atoms with E-state index >= 15 is 0 Å². The number of unbranched alkanes of at least 4 members (excludes halogenated alkanes) is 1. The maximum absolute atomic E-state index is 13.0. The zero-order valence-electron chi connectivity index (χ0n) is 11.2. The molecule has 1 aromatic carbocycles. The van der Waals surface area contributed by atoms with E-state index in [1.165, 1.54) is 12.1 Å². The van der Waals surface area contributed by atoms with Crippen LogP contribution in [0.15, 0.2) is 18.2 Å². The minimum atomic E-state index is -0.253. The largest absolute Gasteiger partial charge is 0.493 e. The van der Waals surface area contributed by atoms with Crippen LogP contribution in [0.4, 0.5) is 4.39 Å². The van der Waals surface area contributed by atoms with Crippen molar-refractivity contribution >= 4 is 0 Å². The zero-order chi connectivity index (χ0) is 13.2. The minimum absolute atomic E-state index is 0.253. The number of hydrogen-bond acceptors (Lipinski definition) is 3. The highest BCUT2D eigenvalue weighted by Gasteiger charge is 2.01. The van der Waals surface area contributed by atoms with Crippen LogP contribution >= 0.6 is 0 Å². The van der Waals surface area contributed by atoms with Crippen LogP contribution < -0.4 is 10.1 Å². The van der Waals surface area contributed by atoms with Gasteiger partial charge in [0, 0.05) is 19.7 Å². The first-order chi connectivity index (χ1) is 8.74. The van der Waals surface area contributed by atoms with Crippen LogP contribution in [0, 0.1) is 12.7 Å². The molecule has 3 nitrogen and oxygen atoms in total. The maximum atomic E-state index is 13.0. The van der Waals surface area contributed by atoms with Gasteiger partial charge < -0.3 is 14.8 Å². The van der Waals surface area contributed by atoms with E-state index in [0.717, 1.165) is 38.1 Å². The molecule has 0 spiro atoms. The standard InChI is InChI=1S/C14H22FNO2/c1-12-5-6-13(15)11-14(12)18-9-4-3-7-16-8-10-17-2/h5-6,11,16H,3-4,7-10H2,1-2H3. The average molecular weight is 255 g/mol. The van der Waals surface area contributed by atoms with Crippen LogP contribution in [-0.4, -0.2) is 33.4 Å². The Kier molecular flexibility index (Phi) is 7.37. The molecular weight excluding hydrogens is 233 g/mol. The highest BCUT2D eigenvalue weighted by Crippen LogP contribution is 2.18. The fourth-order valence-electron chi connectivity index (χ4n) is 1.56. The Morgan fingerprint density at radius 1 is 1.17 bits per heavy atom. The fraction of sp³-hybridized carbons (Fsp3) is 0.571. The molecule has 0 atom stereocenters. The summed E-state index contributed by atoms with van der Waals surface area (Å²) in [7, 11) is 1.69. The lowest BCUT2D eigenvalue weighted by Crippen LogP contribution is -2.20. The van der Waals surface area contributed by atoms with Crippen LogP contribution in [0.5, 0.6) is 5.75 Å². The second kappa shape index (κ2) is 8.89. The molecule has 0 aliphatic rings. The number of halogens is 1. The normalized spacial score (nSPS) is 10.6. The second-order valence-electron chi connectivity index (χ2n) is 4.21. The number of methoxy groups -OCH3 is 1. The lowest BCUT2D eigenvalue weighted by atomic mass is 10.2. The van der Waals surface area contributed by atoms with Gasteiger partial charge in [-0.25, -0.2) is 4.39 Å². The topological polar surface area (TPSA) is 30.5 Å². The van der Waals surface area contributed by atoms with Crippen LogP contribution in [0.2, 0.25) is 0 Å². The van der Waals surface area contributed by atoms with Gasteiger partial charge in [0.2, 0.25) is 0 Å². The summed E-state index contributed by atoms with van der Waals surface area (Å²) in [6, 6.07) is 4.62. The van der Waals surface area contributed by atoms with Gasteiger partial charge in [0.1, 0.15) is 11.6 Å². The van der Waals surface area contributed by atoms with Gasteiger partial charge in [-0.1, -0.05) is 6.07 Å². The molecule has 1 N–H and O–H groups in total. The van der Waals surface area contributed by atoms with Crippen LogP contribution in [-0.2, 0) is 4.74 Å². The molecule has 1 aromatic rings. The summed E-state index contributed by atoms with van der Waals surface area (Å²) in [6.45, 7) is 5.10.